The highest BCUT2D eigenvalue weighted by atomic mass is 79.9. The van der Waals surface area contributed by atoms with E-state index >= 15 is 0 Å². The van der Waals surface area contributed by atoms with Crippen LogP contribution in [0, 0.1) is 5.92 Å². The smallest absolute Gasteiger partial charge is 0.231 e. The van der Waals surface area contributed by atoms with Gasteiger partial charge in [0, 0.05) is 29.2 Å². The Morgan fingerprint density at radius 1 is 1.16 bits per heavy atom. The lowest BCUT2D eigenvalue weighted by Crippen LogP contribution is -2.28. The Morgan fingerprint density at radius 2 is 1.96 bits per heavy atom. The first kappa shape index (κ1) is 16.0. The first-order valence-electron chi connectivity index (χ1n) is 7.87. The van der Waals surface area contributed by atoms with Gasteiger partial charge in [0.2, 0.25) is 18.6 Å². The van der Waals surface area contributed by atoms with Crippen molar-refractivity contribution in [3.05, 3.63) is 46.9 Å². The van der Waals surface area contributed by atoms with Gasteiger partial charge < -0.3 is 19.7 Å². The SMILES string of the molecule is O=C(Nc1ccc2c(c1)OCO2)C1CC(=O)N(c2ccccc2Br)C1. The van der Waals surface area contributed by atoms with Gasteiger partial charge in [0.15, 0.2) is 11.5 Å². The number of ether oxygens (including phenoxy) is 2. The largest absolute Gasteiger partial charge is 0.454 e. The average Bonchev–Trinajstić information content (AvgIpc) is 3.21. The molecule has 2 amide bonds. The highest BCUT2D eigenvalue weighted by Crippen LogP contribution is 2.35. The van der Waals surface area contributed by atoms with Gasteiger partial charge in [-0.1, -0.05) is 12.1 Å². The van der Waals surface area contributed by atoms with Crippen LogP contribution in [-0.4, -0.2) is 25.2 Å². The van der Waals surface area contributed by atoms with Gasteiger partial charge in [-0.05, 0) is 40.2 Å². The number of anilines is 2. The zero-order valence-corrected chi connectivity index (χ0v) is 14.8. The van der Waals surface area contributed by atoms with E-state index in [9.17, 15) is 9.59 Å². The molecule has 4 rings (SSSR count). The summed E-state index contributed by atoms with van der Waals surface area (Å²) in [7, 11) is 0. The molecule has 1 fully saturated rings. The Kier molecular flexibility index (Phi) is 4.09. The molecule has 1 N–H and O–H groups in total. The molecule has 1 saturated heterocycles. The molecular weight excluding hydrogens is 388 g/mol. The maximum absolute atomic E-state index is 12.5. The predicted molar refractivity (Wildman–Crippen MR) is 95.8 cm³/mol. The van der Waals surface area contributed by atoms with Crippen LogP contribution in [0.5, 0.6) is 11.5 Å². The number of amides is 2. The summed E-state index contributed by atoms with van der Waals surface area (Å²) in [6, 6.07) is 12.7. The summed E-state index contributed by atoms with van der Waals surface area (Å²) in [6.45, 7) is 0.544. The molecule has 0 aliphatic carbocycles. The number of nitrogens with zero attached hydrogens (tertiary/aromatic N) is 1. The Bertz CT molecular complexity index is 855. The molecule has 0 aromatic heterocycles. The summed E-state index contributed by atoms with van der Waals surface area (Å²) in [6.07, 6.45) is 0.192. The summed E-state index contributed by atoms with van der Waals surface area (Å²) >= 11 is 3.45. The van der Waals surface area contributed by atoms with Crippen LogP contribution in [0.4, 0.5) is 11.4 Å². The minimum atomic E-state index is -0.398. The van der Waals surface area contributed by atoms with Gasteiger partial charge in [-0.15, -0.1) is 0 Å². The van der Waals surface area contributed by atoms with Gasteiger partial charge in [0.05, 0.1) is 11.6 Å². The second-order valence-corrected chi connectivity index (χ2v) is 6.77. The topological polar surface area (TPSA) is 67.9 Å². The van der Waals surface area contributed by atoms with E-state index in [-0.39, 0.29) is 25.0 Å². The number of carbonyl (C=O) groups is 2. The van der Waals surface area contributed by atoms with Crippen LogP contribution in [0.3, 0.4) is 0 Å². The second kappa shape index (κ2) is 6.40. The molecule has 0 bridgehead atoms. The molecule has 128 valence electrons. The van der Waals surface area contributed by atoms with Crippen LogP contribution in [-0.2, 0) is 9.59 Å². The average molecular weight is 403 g/mol. The molecule has 2 aromatic carbocycles. The van der Waals surface area contributed by atoms with Crippen molar-refractivity contribution in [1.82, 2.24) is 0 Å². The van der Waals surface area contributed by atoms with Gasteiger partial charge in [-0.25, -0.2) is 0 Å². The normalized spacial score (nSPS) is 18.5. The van der Waals surface area contributed by atoms with E-state index in [2.05, 4.69) is 21.2 Å². The molecule has 1 atom stereocenters. The molecule has 1 unspecified atom stereocenters. The van der Waals surface area contributed by atoms with E-state index in [1.54, 1.807) is 23.1 Å². The Morgan fingerprint density at radius 3 is 2.80 bits per heavy atom. The molecule has 6 nitrogen and oxygen atoms in total. The first-order valence-corrected chi connectivity index (χ1v) is 8.66. The van der Waals surface area contributed by atoms with E-state index in [4.69, 9.17) is 9.47 Å². The Hall–Kier alpha value is -2.54. The maximum atomic E-state index is 12.5. The number of para-hydroxylation sites is 1. The molecule has 0 spiro atoms. The molecule has 25 heavy (non-hydrogen) atoms. The van der Waals surface area contributed by atoms with Crippen LogP contribution in [0.15, 0.2) is 46.9 Å². The summed E-state index contributed by atoms with van der Waals surface area (Å²) in [5, 5.41) is 2.86. The van der Waals surface area contributed by atoms with E-state index in [1.165, 1.54) is 0 Å². The fraction of sp³-hybridized carbons (Fsp3) is 0.222. The van der Waals surface area contributed by atoms with Crippen molar-refractivity contribution >= 4 is 39.1 Å². The van der Waals surface area contributed by atoms with E-state index < -0.39 is 5.92 Å². The van der Waals surface area contributed by atoms with Gasteiger partial charge in [-0.2, -0.15) is 0 Å². The summed E-state index contributed by atoms with van der Waals surface area (Å²) in [4.78, 5) is 26.5. The lowest BCUT2D eigenvalue weighted by Gasteiger charge is -2.18. The quantitative estimate of drug-likeness (QED) is 0.855. The van der Waals surface area contributed by atoms with Crippen LogP contribution >= 0.6 is 15.9 Å². The van der Waals surface area contributed by atoms with E-state index in [0.717, 1.165) is 10.2 Å². The third-order valence-electron chi connectivity index (χ3n) is 4.28. The third kappa shape index (κ3) is 3.07. The van der Waals surface area contributed by atoms with Crippen LogP contribution < -0.4 is 19.7 Å². The van der Waals surface area contributed by atoms with Crippen molar-refractivity contribution in [3.8, 4) is 11.5 Å². The summed E-state index contributed by atoms with van der Waals surface area (Å²) in [5.41, 5.74) is 1.41. The fourth-order valence-electron chi connectivity index (χ4n) is 3.01. The van der Waals surface area contributed by atoms with E-state index in [0.29, 0.717) is 23.7 Å². The van der Waals surface area contributed by atoms with Crippen molar-refractivity contribution < 1.29 is 19.1 Å². The van der Waals surface area contributed by atoms with E-state index in [1.807, 2.05) is 24.3 Å². The van der Waals surface area contributed by atoms with Gasteiger partial charge in [0.1, 0.15) is 0 Å². The zero-order chi connectivity index (χ0) is 17.4. The lowest BCUT2D eigenvalue weighted by molar-refractivity contribution is -0.122. The number of benzene rings is 2. The minimum Gasteiger partial charge on any atom is -0.454 e. The molecule has 0 radical (unpaired) electrons. The van der Waals surface area contributed by atoms with Gasteiger partial charge in [-0.3, -0.25) is 9.59 Å². The number of fused-ring (bicyclic) bond motifs is 1. The summed E-state index contributed by atoms with van der Waals surface area (Å²) < 4.78 is 11.4. The molecule has 2 aromatic rings. The number of nitrogens with one attached hydrogen (secondary N) is 1. The second-order valence-electron chi connectivity index (χ2n) is 5.91. The number of carbonyl (C=O) groups excluding carboxylic acids is 2. The van der Waals surface area contributed by atoms with Crippen molar-refractivity contribution in [3.63, 3.8) is 0 Å². The van der Waals surface area contributed by atoms with Crippen LogP contribution in [0.25, 0.3) is 0 Å². The minimum absolute atomic E-state index is 0.0577. The van der Waals surface area contributed by atoms with Crippen LogP contribution in [0.1, 0.15) is 6.42 Å². The first-order chi connectivity index (χ1) is 12.1. The molecular formula is C18H15BrN2O4. The van der Waals surface area contributed by atoms with Gasteiger partial charge in [0.25, 0.3) is 0 Å². The molecule has 2 heterocycles. The van der Waals surface area contributed by atoms with Crippen molar-refractivity contribution in [1.29, 1.82) is 0 Å². The molecule has 2 aliphatic heterocycles. The third-order valence-corrected chi connectivity index (χ3v) is 4.95. The monoisotopic (exact) mass is 402 g/mol. The highest BCUT2D eigenvalue weighted by Gasteiger charge is 2.35. The number of halogens is 1. The molecule has 2 aliphatic rings. The molecule has 7 heteroatoms. The number of hydrogen-bond acceptors (Lipinski definition) is 4. The van der Waals surface area contributed by atoms with Crippen LogP contribution in [0.2, 0.25) is 0 Å². The Labute approximate surface area is 152 Å². The Balaban J connectivity index is 1.47. The molecule has 0 saturated carbocycles. The number of rotatable bonds is 3. The highest BCUT2D eigenvalue weighted by molar-refractivity contribution is 9.10. The predicted octanol–water partition coefficient (Wildman–Crippen LogP) is 3.17. The zero-order valence-electron chi connectivity index (χ0n) is 13.2. The number of hydrogen-bond donors (Lipinski definition) is 1. The summed E-state index contributed by atoms with van der Waals surface area (Å²) in [5.74, 6) is 0.633. The van der Waals surface area contributed by atoms with Crippen molar-refractivity contribution in [2.24, 2.45) is 5.92 Å². The fourth-order valence-corrected chi connectivity index (χ4v) is 3.50. The standard InChI is InChI=1S/C18H15BrN2O4/c19-13-3-1-2-4-14(13)21-9-11(7-17(21)22)18(23)20-12-5-6-15-16(8-12)25-10-24-15/h1-6,8,11H,7,9-10H2,(H,20,23). The maximum Gasteiger partial charge on any atom is 0.231 e. The van der Waals surface area contributed by atoms with Crippen molar-refractivity contribution in [2.75, 3.05) is 23.6 Å². The lowest BCUT2D eigenvalue weighted by atomic mass is 10.1. The van der Waals surface area contributed by atoms with Crippen molar-refractivity contribution in [2.45, 2.75) is 6.42 Å². The van der Waals surface area contributed by atoms with Gasteiger partial charge >= 0.3 is 0 Å².